The summed E-state index contributed by atoms with van der Waals surface area (Å²) in [6, 6.07) is 2.99. The number of nitrogens with one attached hydrogen (secondary N) is 1. The van der Waals surface area contributed by atoms with Crippen molar-refractivity contribution in [1.82, 2.24) is 9.55 Å². The van der Waals surface area contributed by atoms with Crippen LogP contribution in [0.25, 0.3) is 10.9 Å². The van der Waals surface area contributed by atoms with E-state index in [1.165, 1.54) is 12.5 Å². The van der Waals surface area contributed by atoms with Crippen molar-refractivity contribution >= 4 is 16.6 Å². The third-order valence-electron chi connectivity index (χ3n) is 5.52. The standard InChI is InChI=1S/C17H18FN3O2/c18-13-4-12-14(5-15(13)20-7-10-3-11(10)8-20)21(6-9-1-2-9)17(23)19-16(12)22/h4-5,9-11H,1-3,6-8H2,(H,19,22,23)/t10-,11+. The molecule has 1 N–H and O–H groups in total. The molecule has 1 aromatic carbocycles. The summed E-state index contributed by atoms with van der Waals surface area (Å²) < 4.78 is 16.1. The van der Waals surface area contributed by atoms with E-state index in [4.69, 9.17) is 0 Å². The van der Waals surface area contributed by atoms with Gasteiger partial charge < -0.3 is 4.90 Å². The number of H-pyrrole nitrogens is 1. The Morgan fingerprint density at radius 2 is 1.91 bits per heavy atom. The fourth-order valence-corrected chi connectivity index (χ4v) is 3.87. The van der Waals surface area contributed by atoms with Gasteiger partial charge in [-0.05, 0) is 49.1 Å². The molecule has 3 aliphatic rings. The van der Waals surface area contributed by atoms with Gasteiger partial charge in [0.1, 0.15) is 5.82 Å². The minimum absolute atomic E-state index is 0.260. The largest absolute Gasteiger partial charge is 0.369 e. The van der Waals surface area contributed by atoms with Gasteiger partial charge in [0.15, 0.2) is 0 Å². The minimum atomic E-state index is -0.508. The second-order valence-corrected chi connectivity index (χ2v) is 7.29. The Bertz CT molecular complexity index is 918. The lowest BCUT2D eigenvalue weighted by Gasteiger charge is -2.22. The fourth-order valence-electron chi connectivity index (χ4n) is 3.87. The molecule has 0 spiro atoms. The number of piperidine rings is 1. The molecule has 2 heterocycles. The normalized spacial score (nSPS) is 25.9. The lowest BCUT2D eigenvalue weighted by atomic mass is 10.2. The number of aromatic amines is 1. The number of benzene rings is 1. The molecule has 3 fully saturated rings. The van der Waals surface area contributed by atoms with Gasteiger partial charge in [0.25, 0.3) is 5.56 Å². The Morgan fingerprint density at radius 1 is 1.17 bits per heavy atom. The van der Waals surface area contributed by atoms with E-state index in [2.05, 4.69) is 9.88 Å². The van der Waals surface area contributed by atoms with Crippen LogP contribution in [0.4, 0.5) is 10.1 Å². The van der Waals surface area contributed by atoms with Crippen molar-refractivity contribution in [3.63, 3.8) is 0 Å². The van der Waals surface area contributed by atoms with Crippen molar-refractivity contribution in [3.8, 4) is 0 Å². The molecule has 0 amide bonds. The van der Waals surface area contributed by atoms with Gasteiger partial charge in [0.05, 0.1) is 16.6 Å². The summed E-state index contributed by atoms with van der Waals surface area (Å²) >= 11 is 0. The highest BCUT2D eigenvalue weighted by Crippen LogP contribution is 2.46. The van der Waals surface area contributed by atoms with E-state index < -0.39 is 11.2 Å². The quantitative estimate of drug-likeness (QED) is 0.938. The Balaban J connectivity index is 1.69. The molecule has 5 nitrogen and oxygen atoms in total. The Labute approximate surface area is 131 Å². The van der Waals surface area contributed by atoms with Crippen molar-refractivity contribution < 1.29 is 4.39 Å². The first-order chi connectivity index (χ1) is 11.1. The molecule has 23 heavy (non-hydrogen) atoms. The van der Waals surface area contributed by atoms with E-state index in [0.717, 1.165) is 25.9 Å². The summed E-state index contributed by atoms with van der Waals surface area (Å²) in [7, 11) is 0. The summed E-state index contributed by atoms with van der Waals surface area (Å²) in [4.78, 5) is 28.6. The predicted octanol–water partition coefficient (Wildman–Crippen LogP) is 1.69. The van der Waals surface area contributed by atoms with Crippen molar-refractivity contribution in [2.45, 2.75) is 25.8 Å². The van der Waals surface area contributed by atoms with Gasteiger partial charge in [-0.25, -0.2) is 9.18 Å². The molecule has 1 aromatic heterocycles. The number of hydrogen-bond acceptors (Lipinski definition) is 3. The van der Waals surface area contributed by atoms with E-state index in [0.29, 0.717) is 35.5 Å². The Hall–Kier alpha value is -2.11. The van der Waals surface area contributed by atoms with Gasteiger partial charge in [-0.3, -0.25) is 14.3 Å². The van der Waals surface area contributed by atoms with Gasteiger partial charge in [-0.15, -0.1) is 0 Å². The average Bonchev–Trinajstić information content (AvgIpc) is 3.44. The predicted molar refractivity (Wildman–Crippen MR) is 85.3 cm³/mol. The number of aromatic nitrogens is 2. The second kappa shape index (κ2) is 4.46. The van der Waals surface area contributed by atoms with Gasteiger partial charge in [0.2, 0.25) is 0 Å². The van der Waals surface area contributed by atoms with E-state index >= 15 is 0 Å². The van der Waals surface area contributed by atoms with Crippen LogP contribution in [0.3, 0.4) is 0 Å². The van der Waals surface area contributed by atoms with Crippen LogP contribution in [-0.4, -0.2) is 22.6 Å². The second-order valence-electron chi connectivity index (χ2n) is 7.29. The van der Waals surface area contributed by atoms with E-state index in [1.807, 2.05) is 0 Å². The number of rotatable bonds is 3. The van der Waals surface area contributed by atoms with Gasteiger partial charge >= 0.3 is 5.69 Å². The maximum absolute atomic E-state index is 14.5. The highest BCUT2D eigenvalue weighted by molar-refractivity contribution is 5.82. The number of fused-ring (bicyclic) bond motifs is 2. The molecule has 2 atom stereocenters. The van der Waals surface area contributed by atoms with Crippen LogP contribution in [0.5, 0.6) is 0 Å². The topological polar surface area (TPSA) is 58.1 Å². The zero-order chi connectivity index (χ0) is 15.7. The fraction of sp³-hybridized carbons (Fsp3) is 0.529. The molecule has 0 radical (unpaired) electrons. The highest BCUT2D eigenvalue weighted by Gasteiger charge is 2.45. The van der Waals surface area contributed by atoms with Crippen molar-refractivity contribution in [2.24, 2.45) is 17.8 Å². The minimum Gasteiger partial charge on any atom is -0.369 e. The Kier molecular flexibility index (Phi) is 2.59. The first-order valence-corrected chi connectivity index (χ1v) is 8.31. The molecule has 0 unspecified atom stereocenters. The molecule has 2 saturated carbocycles. The van der Waals surface area contributed by atoms with E-state index in [9.17, 15) is 14.0 Å². The molecule has 2 aliphatic carbocycles. The molecule has 2 aromatic rings. The zero-order valence-corrected chi connectivity index (χ0v) is 12.7. The highest BCUT2D eigenvalue weighted by atomic mass is 19.1. The molecular weight excluding hydrogens is 297 g/mol. The van der Waals surface area contributed by atoms with E-state index in [1.54, 1.807) is 10.6 Å². The van der Waals surface area contributed by atoms with Crippen molar-refractivity contribution in [3.05, 3.63) is 38.8 Å². The Morgan fingerprint density at radius 3 is 2.61 bits per heavy atom. The van der Waals surface area contributed by atoms with Crippen LogP contribution in [0, 0.1) is 23.6 Å². The van der Waals surface area contributed by atoms with Crippen LogP contribution < -0.4 is 16.1 Å². The maximum Gasteiger partial charge on any atom is 0.328 e. The third-order valence-corrected chi connectivity index (χ3v) is 5.52. The zero-order valence-electron chi connectivity index (χ0n) is 12.7. The molecule has 120 valence electrons. The number of anilines is 1. The van der Waals surface area contributed by atoms with Crippen LogP contribution in [0.15, 0.2) is 21.7 Å². The van der Waals surface area contributed by atoms with Crippen molar-refractivity contribution in [1.29, 1.82) is 0 Å². The number of hydrogen-bond donors (Lipinski definition) is 1. The summed E-state index contributed by atoms with van der Waals surface area (Å²) in [5, 5.41) is 0.260. The summed E-state index contributed by atoms with van der Waals surface area (Å²) in [5.41, 5.74) is 0.185. The maximum atomic E-state index is 14.5. The lowest BCUT2D eigenvalue weighted by Crippen LogP contribution is -2.31. The molecule has 0 bridgehead atoms. The average molecular weight is 315 g/mol. The van der Waals surface area contributed by atoms with Crippen molar-refractivity contribution in [2.75, 3.05) is 18.0 Å². The van der Waals surface area contributed by atoms with Crippen LogP contribution >= 0.6 is 0 Å². The first-order valence-electron chi connectivity index (χ1n) is 8.31. The third kappa shape index (κ3) is 2.11. The van der Waals surface area contributed by atoms with Gasteiger partial charge in [-0.2, -0.15) is 0 Å². The summed E-state index contributed by atoms with van der Waals surface area (Å²) in [6.07, 6.45) is 3.46. The summed E-state index contributed by atoms with van der Waals surface area (Å²) in [6.45, 7) is 2.36. The monoisotopic (exact) mass is 315 g/mol. The number of nitrogens with zero attached hydrogens (tertiary/aromatic N) is 2. The smallest absolute Gasteiger partial charge is 0.328 e. The molecule has 1 aliphatic heterocycles. The van der Waals surface area contributed by atoms with Crippen LogP contribution in [0.1, 0.15) is 19.3 Å². The van der Waals surface area contributed by atoms with Crippen LogP contribution in [-0.2, 0) is 6.54 Å². The SMILES string of the molecule is O=c1[nH]c(=O)n(CC2CC2)c2cc(N3C[C@H]4C[C@H]4C3)c(F)cc12. The number of halogens is 1. The molecule has 6 heteroatoms. The molecule has 1 saturated heterocycles. The summed E-state index contributed by atoms with van der Waals surface area (Å²) in [5.74, 6) is 1.51. The van der Waals surface area contributed by atoms with Crippen LogP contribution in [0.2, 0.25) is 0 Å². The van der Waals surface area contributed by atoms with Gasteiger partial charge in [-0.1, -0.05) is 0 Å². The molecule has 5 rings (SSSR count). The lowest BCUT2D eigenvalue weighted by molar-refractivity contribution is 0.605. The van der Waals surface area contributed by atoms with Gasteiger partial charge in [0, 0.05) is 19.6 Å². The molecular formula is C17H18FN3O2. The van der Waals surface area contributed by atoms with E-state index in [-0.39, 0.29) is 11.2 Å². The first kappa shape index (κ1) is 13.3.